The molecule has 14 heavy (non-hydrogen) atoms. The summed E-state index contributed by atoms with van der Waals surface area (Å²) < 4.78 is 0. The van der Waals surface area contributed by atoms with Gasteiger partial charge in [-0.05, 0) is 24.5 Å². The molecule has 0 amide bonds. The van der Waals surface area contributed by atoms with Crippen LogP contribution in [0, 0.1) is 0 Å². The summed E-state index contributed by atoms with van der Waals surface area (Å²) in [4.78, 5) is 0. The Morgan fingerprint density at radius 2 is 2.00 bits per heavy atom. The predicted octanol–water partition coefficient (Wildman–Crippen LogP) is 2.25. The first kappa shape index (κ1) is 8.94. The van der Waals surface area contributed by atoms with E-state index in [9.17, 15) is 0 Å². The lowest BCUT2D eigenvalue weighted by Gasteiger charge is -2.02. The number of azo groups is 1. The highest BCUT2D eigenvalue weighted by Gasteiger charge is 2.09. The number of rotatable bonds is 3. The van der Waals surface area contributed by atoms with Gasteiger partial charge in [0.2, 0.25) is 0 Å². The van der Waals surface area contributed by atoms with Gasteiger partial charge in [-0.15, -0.1) is 5.11 Å². The van der Waals surface area contributed by atoms with Crippen molar-refractivity contribution < 1.29 is 0 Å². The van der Waals surface area contributed by atoms with Crippen molar-refractivity contribution >= 4 is 0 Å². The molecule has 1 aliphatic rings. The van der Waals surface area contributed by atoms with Crippen molar-refractivity contribution in [3.8, 4) is 0 Å². The van der Waals surface area contributed by atoms with Crippen molar-refractivity contribution in [2.75, 3.05) is 0 Å². The third kappa shape index (κ3) is 2.19. The van der Waals surface area contributed by atoms with Gasteiger partial charge >= 0.3 is 0 Å². The molecule has 0 bridgehead atoms. The van der Waals surface area contributed by atoms with E-state index in [0.29, 0.717) is 5.82 Å². The van der Waals surface area contributed by atoms with Crippen LogP contribution >= 0.6 is 0 Å². The van der Waals surface area contributed by atoms with Crippen molar-refractivity contribution in [1.82, 2.24) is 0 Å². The fourth-order valence-electron chi connectivity index (χ4n) is 1.50. The molecule has 1 aromatic carbocycles. The van der Waals surface area contributed by atoms with Crippen LogP contribution in [0.15, 0.2) is 52.5 Å². The van der Waals surface area contributed by atoms with Crippen molar-refractivity contribution in [1.29, 1.82) is 0 Å². The Morgan fingerprint density at radius 1 is 1.21 bits per heavy atom. The molecule has 0 unspecified atom stereocenters. The number of aryl methyl sites for hydroxylation is 1. The zero-order chi connectivity index (χ0) is 9.80. The van der Waals surface area contributed by atoms with Gasteiger partial charge in [0, 0.05) is 0 Å². The Kier molecular flexibility index (Phi) is 2.58. The van der Waals surface area contributed by atoms with Crippen molar-refractivity contribution in [2.45, 2.75) is 18.9 Å². The van der Waals surface area contributed by atoms with Crippen LogP contribution in [0.25, 0.3) is 0 Å². The molecule has 0 aromatic heterocycles. The lowest BCUT2D eigenvalue weighted by molar-refractivity contribution is 0.711. The number of hydrogen-bond acceptors (Lipinski definition) is 3. The van der Waals surface area contributed by atoms with Gasteiger partial charge in [-0.25, -0.2) is 0 Å². The molecular weight excluding hydrogens is 174 g/mol. The van der Waals surface area contributed by atoms with Crippen molar-refractivity contribution in [3.63, 3.8) is 0 Å². The van der Waals surface area contributed by atoms with Crippen molar-refractivity contribution in [3.05, 3.63) is 47.8 Å². The molecule has 0 fully saturated rings. The second-order valence-corrected chi connectivity index (χ2v) is 3.40. The van der Waals surface area contributed by atoms with Gasteiger partial charge < -0.3 is 5.73 Å². The van der Waals surface area contributed by atoms with Crippen LogP contribution in [-0.4, -0.2) is 6.04 Å². The smallest absolute Gasteiger partial charge is 0.143 e. The van der Waals surface area contributed by atoms with E-state index in [4.69, 9.17) is 5.73 Å². The summed E-state index contributed by atoms with van der Waals surface area (Å²) in [5.74, 6) is 0.545. The lowest BCUT2D eigenvalue weighted by atomic mass is 10.1. The highest BCUT2D eigenvalue weighted by Crippen LogP contribution is 2.14. The Morgan fingerprint density at radius 3 is 2.64 bits per heavy atom. The van der Waals surface area contributed by atoms with Gasteiger partial charge in [0.25, 0.3) is 0 Å². The maximum Gasteiger partial charge on any atom is 0.143 e. The number of benzene rings is 1. The molecule has 0 aliphatic carbocycles. The molecule has 2 N–H and O–H groups in total. The zero-order valence-corrected chi connectivity index (χ0v) is 7.93. The minimum atomic E-state index is 0.176. The SMILES string of the molecule is NC1=C[C@H](CCc2ccccc2)N=N1. The molecule has 1 heterocycles. The van der Waals surface area contributed by atoms with Crippen LogP contribution in [0.2, 0.25) is 0 Å². The summed E-state index contributed by atoms with van der Waals surface area (Å²) in [6.45, 7) is 0. The second kappa shape index (κ2) is 4.05. The third-order valence-corrected chi connectivity index (χ3v) is 2.26. The van der Waals surface area contributed by atoms with Gasteiger partial charge in [-0.2, -0.15) is 5.11 Å². The van der Waals surface area contributed by atoms with Crippen LogP contribution in [0.3, 0.4) is 0 Å². The molecular formula is C11H13N3. The molecule has 3 heteroatoms. The molecule has 2 rings (SSSR count). The standard InChI is InChI=1S/C11H13N3/c12-11-8-10(13-14-11)7-6-9-4-2-1-3-5-9/h1-5,8,10H,6-7,12H2/t10-/m0/s1. The average Bonchev–Trinajstić information content (AvgIpc) is 2.63. The van der Waals surface area contributed by atoms with Crippen LogP contribution in [0.5, 0.6) is 0 Å². The van der Waals surface area contributed by atoms with Crippen LogP contribution in [0.1, 0.15) is 12.0 Å². The molecule has 1 aliphatic heterocycles. The maximum absolute atomic E-state index is 5.49. The first-order chi connectivity index (χ1) is 6.84. The topological polar surface area (TPSA) is 50.7 Å². The van der Waals surface area contributed by atoms with E-state index in [1.165, 1.54) is 5.56 Å². The summed E-state index contributed by atoms with van der Waals surface area (Å²) in [7, 11) is 0. The summed E-state index contributed by atoms with van der Waals surface area (Å²) in [5.41, 5.74) is 6.83. The maximum atomic E-state index is 5.49. The Hall–Kier alpha value is -1.64. The van der Waals surface area contributed by atoms with Crippen LogP contribution in [-0.2, 0) is 6.42 Å². The molecule has 0 saturated heterocycles. The lowest BCUT2D eigenvalue weighted by Crippen LogP contribution is -2.00. The van der Waals surface area contributed by atoms with Gasteiger partial charge in [0.1, 0.15) is 5.82 Å². The Labute approximate surface area is 83.3 Å². The van der Waals surface area contributed by atoms with Gasteiger partial charge in [-0.1, -0.05) is 30.3 Å². The fraction of sp³-hybridized carbons (Fsp3) is 0.273. The summed E-state index contributed by atoms with van der Waals surface area (Å²) in [6, 6.07) is 10.6. The summed E-state index contributed by atoms with van der Waals surface area (Å²) in [6.07, 6.45) is 3.91. The molecule has 3 nitrogen and oxygen atoms in total. The Bertz CT molecular complexity index is 354. The van der Waals surface area contributed by atoms with Gasteiger partial charge in [0.05, 0.1) is 6.04 Å². The molecule has 72 valence electrons. The normalized spacial score (nSPS) is 19.7. The summed E-state index contributed by atoms with van der Waals surface area (Å²) in [5, 5.41) is 7.83. The monoisotopic (exact) mass is 187 g/mol. The molecule has 0 radical (unpaired) electrons. The molecule has 0 saturated carbocycles. The largest absolute Gasteiger partial charge is 0.382 e. The van der Waals surface area contributed by atoms with Crippen LogP contribution in [0.4, 0.5) is 0 Å². The minimum absolute atomic E-state index is 0.176. The average molecular weight is 187 g/mol. The Balaban J connectivity index is 1.87. The fourth-order valence-corrected chi connectivity index (χ4v) is 1.50. The molecule has 0 spiro atoms. The van der Waals surface area contributed by atoms with E-state index >= 15 is 0 Å². The van der Waals surface area contributed by atoms with E-state index < -0.39 is 0 Å². The van der Waals surface area contributed by atoms with E-state index in [0.717, 1.165) is 12.8 Å². The molecule has 1 atom stereocenters. The van der Waals surface area contributed by atoms with E-state index in [1.54, 1.807) is 0 Å². The van der Waals surface area contributed by atoms with Crippen LogP contribution < -0.4 is 5.73 Å². The first-order valence-corrected chi connectivity index (χ1v) is 4.76. The zero-order valence-electron chi connectivity index (χ0n) is 7.93. The number of hydrogen-bond donors (Lipinski definition) is 1. The predicted molar refractivity (Wildman–Crippen MR) is 55.7 cm³/mol. The highest BCUT2D eigenvalue weighted by molar-refractivity contribution is 5.16. The molecule has 1 aromatic rings. The van der Waals surface area contributed by atoms with Gasteiger partial charge in [-0.3, -0.25) is 0 Å². The third-order valence-electron chi connectivity index (χ3n) is 2.26. The number of nitrogens with zero attached hydrogens (tertiary/aromatic N) is 2. The minimum Gasteiger partial charge on any atom is -0.382 e. The van der Waals surface area contributed by atoms with E-state index in [2.05, 4.69) is 34.5 Å². The van der Waals surface area contributed by atoms with E-state index in [-0.39, 0.29) is 6.04 Å². The first-order valence-electron chi connectivity index (χ1n) is 4.76. The summed E-state index contributed by atoms with van der Waals surface area (Å²) >= 11 is 0. The van der Waals surface area contributed by atoms with Gasteiger partial charge in [0.15, 0.2) is 0 Å². The van der Waals surface area contributed by atoms with Crippen molar-refractivity contribution in [2.24, 2.45) is 16.0 Å². The quantitative estimate of drug-likeness (QED) is 0.775. The number of nitrogens with two attached hydrogens (primary N) is 1. The van der Waals surface area contributed by atoms with E-state index in [1.807, 2.05) is 12.1 Å². The second-order valence-electron chi connectivity index (χ2n) is 3.40. The highest BCUT2D eigenvalue weighted by atomic mass is 15.2.